The standard InChI is InChI=1S/C15H23NO/c1-3-7-14(8-4-1)13-17-12-6-2-5-11-16-15-9-10-15/h1,3-4,7-8,15-16H,2,5-6,9-13H2. The topological polar surface area (TPSA) is 21.3 Å². The number of unbranched alkanes of at least 4 members (excludes halogenated alkanes) is 2. The summed E-state index contributed by atoms with van der Waals surface area (Å²) in [6.45, 7) is 2.82. The molecule has 0 amide bonds. The SMILES string of the molecule is c1ccc(COCCCCCNC2CC2)cc1. The van der Waals surface area contributed by atoms with Crippen LogP contribution >= 0.6 is 0 Å². The highest BCUT2D eigenvalue weighted by Gasteiger charge is 2.19. The zero-order chi connectivity index (χ0) is 11.8. The van der Waals surface area contributed by atoms with E-state index in [1.54, 1.807) is 0 Å². The van der Waals surface area contributed by atoms with Crippen LogP contribution in [0.4, 0.5) is 0 Å². The van der Waals surface area contributed by atoms with E-state index in [1.807, 2.05) is 6.07 Å². The highest BCUT2D eigenvalue weighted by atomic mass is 16.5. The molecule has 0 bridgehead atoms. The lowest BCUT2D eigenvalue weighted by Gasteiger charge is -2.05. The molecule has 0 aromatic heterocycles. The van der Waals surface area contributed by atoms with Gasteiger partial charge in [0, 0.05) is 12.6 Å². The first-order chi connectivity index (χ1) is 8.45. The van der Waals surface area contributed by atoms with Gasteiger partial charge in [0.1, 0.15) is 0 Å². The number of ether oxygens (including phenoxy) is 1. The Kier molecular flexibility index (Phi) is 5.53. The number of nitrogens with one attached hydrogen (secondary N) is 1. The number of hydrogen-bond donors (Lipinski definition) is 1. The molecule has 0 unspecified atom stereocenters. The van der Waals surface area contributed by atoms with Gasteiger partial charge in [-0.15, -0.1) is 0 Å². The van der Waals surface area contributed by atoms with E-state index in [0.29, 0.717) is 0 Å². The van der Waals surface area contributed by atoms with E-state index in [1.165, 1.54) is 44.2 Å². The van der Waals surface area contributed by atoms with Gasteiger partial charge in [-0.1, -0.05) is 30.3 Å². The molecule has 1 fully saturated rings. The third-order valence-corrected chi connectivity index (χ3v) is 3.09. The van der Waals surface area contributed by atoms with Gasteiger partial charge in [0.2, 0.25) is 0 Å². The van der Waals surface area contributed by atoms with Gasteiger partial charge in [-0.3, -0.25) is 0 Å². The molecule has 0 atom stereocenters. The van der Waals surface area contributed by atoms with Crippen molar-refractivity contribution in [3.05, 3.63) is 35.9 Å². The molecule has 1 aliphatic carbocycles. The first kappa shape index (κ1) is 12.6. The molecule has 2 nitrogen and oxygen atoms in total. The zero-order valence-corrected chi connectivity index (χ0v) is 10.5. The molecule has 2 heteroatoms. The highest BCUT2D eigenvalue weighted by molar-refractivity contribution is 5.13. The first-order valence-corrected chi connectivity index (χ1v) is 6.80. The van der Waals surface area contributed by atoms with E-state index in [2.05, 4.69) is 29.6 Å². The fourth-order valence-corrected chi connectivity index (χ4v) is 1.86. The Morgan fingerprint density at radius 2 is 1.88 bits per heavy atom. The van der Waals surface area contributed by atoms with Gasteiger partial charge in [-0.2, -0.15) is 0 Å². The summed E-state index contributed by atoms with van der Waals surface area (Å²) in [5.74, 6) is 0. The van der Waals surface area contributed by atoms with E-state index in [-0.39, 0.29) is 0 Å². The van der Waals surface area contributed by atoms with E-state index in [4.69, 9.17) is 4.74 Å². The summed E-state index contributed by atoms with van der Waals surface area (Å²) in [6, 6.07) is 11.2. The van der Waals surface area contributed by atoms with Crippen LogP contribution in [0, 0.1) is 0 Å². The Morgan fingerprint density at radius 1 is 1.06 bits per heavy atom. The van der Waals surface area contributed by atoms with Crippen molar-refractivity contribution in [2.24, 2.45) is 0 Å². The number of benzene rings is 1. The van der Waals surface area contributed by atoms with Crippen LogP contribution in [-0.2, 0) is 11.3 Å². The van der Waals surface area contributed by atoms with Crippen molar-refractivity contribution >= 4 is 0 Å². The minimum Gasteiger partial charge on any atom is -0.377 e. The molecule has 17 heavy (non-hydrogen) atoms. The molecule has 1 N–H and O–H groups in total. The Labute approximate surface area is 104 Å². The van der Waals surface area contributed by atoms with Crippen molar-refractivity contribution < 1.29 is 4.74 Å². The van der Waals surface area contributed by atoms with E-state index in [9.17, 15) is 0 Å². The Morgan fingerprint density at radius 3 is 2.65 bits per heavy atom. The lowest BCUT2D eigenvalue weighted by atomic mass is 10.2. The second kappa shape index (κ2) is 7.46. The van der Waals surface area contributed by atoms with Crippen molar-refractivity contribution in [1.82, 2.24) is 5.32 Å². The van der Waals surface area contributed by atoms with Crippen LogP contribution in [0.2, 0.25) is 0 Å². The maximum atomic E-state index is 5.64. The highest BCUT2D eigenvalue weighted by Crippen LogP contribution is 2.18. The molecule has 0 aliphatic heterocycles. The summed E-state index contributed by atoms with van der Waals surface area (Å²) in [7, 11) is 0. The Bertz CT molecular complexity index is 295. The number of rotatable bonds is 9. The summed E-state index contributed by atoms with van der Waals surface area (Å²) in [5.41, 5.74) is 1.27. The monoisotopic (exact) mass is 233 g/mol. The zero-order valence-electron chi connectivity index (χ0n) is 10.5. The van der Waals surface area contributed by atoms with Gasteiger partial charge >= 0.3 is 0 Å². The quantitative estimate of drug-likeness (QED) is 0.662. The van der Waals surface area contributed by atoms with Crippen LogP contribution in [0.3, 0.4) is 0 Å². The lowest BCUT2D eigenvalue weighted by molar-refractivity contribution is 0.117. The molecule has 2 rings (SSSR count). The predicted octanol–water partition coefficient (Wildman–Crippen LogP) is 3.13. The molecule has 1 aromatic carbocycles. The van der Waals surface area contributed by atoms with Gasteiger partial charge in [0.15, 0.2) is 0 Å². The largest absolute Gasteiger partial charge is 0.377 e. The molecule has 0 saturated heterocycles. The van der Waals surface area contributed by atoms with Gasteiger partial charge in [-0.05, 0) is 44.2 Å². The van der Waals surface area contributed by atoms with Crippen molar-refractivity contribution in [2.45, 2.75) is 44.8 Å². The second-order valence-electron chi connectivity index (χ2n) is 4.83. The minimum absolute atomic E-state index is 0.751. The van der Waals surface area contributed by atoms with Gasteiger partial charge in [0.25, 0.3) is 0 Å². The van der Waals surface area contributed by atoms with Crippen LogP contribution in [-0.4, -0.2) is 19.2 Å². The minimum atomic E-state index is 0.751. The van der Waals surface area contributed by atoms with E-state index < -0.39 is 0 Å². The summed E-state index contributed by atoms with van der Waals surface area (Å²) >= 11 is 0. The molecular formula is C15H23NO. The fraction of sp³-hybridized carbons (Fsp3) is 0.600. The molecular weight excluding hydrogens is 210 g/mol. The summed E-state index contributed by atoms with van der Waals surface area (Å²) < 4.78 is 5.64. The summed E-state index contributed by atoms with van der Waals surface area (Å²) in [4.78, 5) is 0. The normalized spacial score (nSPS) is 15.1. The van der Waals surface area contributed by atoms with Gasteiger partial charge in [0.05, 0.1) is 6.61 Å². The van der Waals surface area contributed by atoms with Crippen molar-refractivity contribution in [1.29, 1.82) is 0 Å². The van der Waals surface area contributed by atoms with Crippen LogP contribution in [0.5, 0.6) is 0 Å². The number of hydrogen-bond acceptors (Lipinski definition) is 2. The van der Waals surface area contributed by atoms with Gasteiger partial charge in [-0.25, -0.2) is 0 Å². The molecule has 0 radical (unpaired) electrons. The van der Waals surface area contributed by atoms with Crippen molar-refractivity contribution in [2.75, 3.05) is 13.2 Å². The summed E-state index contributed by atoms with van der Waals surface area (Å²) in [6.07, 6.45) is 6.51. The van der Waals surface area contributed by atoms with E-state index in [0.717, 1.165) is 19.3 Å². The lowest BCUT2D eigenvalue weighted by Crippen LogP contribution is -2.17. The average molecular weight is 233 g/mol. The van der Waals surface area contributed by atoms with Gasteiger partial charge < -0.3 is 10.1 Å². The maximum Gasteiger partial charge on any atom is 0.0716 e. The van der Waals surface area contributed by atoms with Crippen LogP contribution < -0.4 is 5.32 Å². The second-order valence-corrected chi connectivity index (χ2v) is 4.83. The maximum absolute atomic E-state index is 5.64. The molecule has 1 aliphatic rings. The van der Waals surface area contributed by atoms with Crippen LogP contribution in [0.25, 0.3) is 0 Å². The van der Waals surface area contributed by atoms with Crippen LogP contribution in [0.15, 0.2) is 30.3 Å². The van der Waals surface area contributed by atoms with Crippen molar-refractivity contribution in [3.8, 4) is 0 Å². The first-order valence-electron chi connectivity index (χ1n) is 6.80. The van der Waals surface area contributed by atoms with E-state index >= 15 is 0 Å². The predicted molar refractivity (Wildman–Crippen MR) is 71.0 cm³/mol. The molecule has 1 aromatic rings. The summed E-state index contributed by atoms with van der Waals surface area (Å²) in [5, 5.41) is 3.53. The Balaban J connectivity index is 1.38. The van der Waals surface area contributed by atoms with Crippen LogP contribution in [0.1, 0.15) is 37.7 Å². The average Bonchev–Trinajstić information content (AvgIpc) is 3.18. The van der Waals surface area contributed by atoms with Crippen molar-refractivity contribution in [3.63, 3.8) is 0 Å². The molecule has 1 saturated carbocycles. The third-order valence-electron chi connectivity index (χ3n) is 3.09. The smallest absolute Gasteiger partial charge is 0.0716 e. The molecule has 94 valence electrons. The Hall–Kier alpha value is -0.860. The molecule has 0 spiro atoms. The fourth-order valence-electron chi connectivity index (χ4n) is 1.86. The third kappa shape index (κ3) is 5.85. The molecule has 0 heterocycles.